The summed E-state index contributed by atoms with van der Waals surface area (Å²) in [6.45, 7) is 1.23. The number of carbonyl (C=O) groups excluding carboxylic acids is 1. The molecule has 24 heavy (non-hydrogen) atoms. The van der Waals surface area contributed by atoms with Crippen LogP contribution in [-0.2, 0) is 9.53 Å². The molecule has 1 aromatic carbocycles. The number of amides is 1. The van der Waals surface area contributed by atoms with Gasteiger partial charge < -0.3 is 14.5 Å². The maximum Gasteiger partial charge on any atom is 0.257 e. The van der Waals surface area contributed by atoms with Crippen LogP contribution in [0.2, 0.25) is 0 Å². The van der Waals surface area contributed by atoms with Crippen LogP contribution in [0.4, 0.5) is 8.78 Å². The van der Waals surface area contributed by atoms with Gasteiger partial charge in [-0.05, 0) is 30.5 Å². The number of rotatable bonds is 1. The van der Waals surface area contributed by atoms with E-state index in [2.05, 4.69) is 6.04 Å². The molecule has 0 bridgehead atoms. The lowest BCUT2D eigenvalue weighted by Gasteiger charge is -2.35. The molecule has 1 amide bonds. The summed E-state index contributed by atoms with van der Waals surface area (Å²) in [5.74, 6) is -1.33. The number of fused-ring (bicyclic) bond motifs is 1. The van der Waals surface area contributed by atoms with E-state index in [0.717, 1.165) is 6.07 Å². The van der Waals surface area contributed by atoms with Crippen molar-refractivity contribution in [3.8, 4) is 12.5 Å². The van der Waals surface area contributed by atoms with Crippen LogP contribution in [0.25, 0.3) is 0 Å². The van der Waals surface area contributed by atoms with Crippen molar-refractivity contribution in [2.75, 3.05) is 13.1 Å². The summed E-state index contributed by atoms with van der Waals surface area (Å²) in [7, 11) is 0. The molecular weight excluding hydrogens is 314 g/mol. The Morgan fingerprint density at radius 2 is 1.83 bits per heavy atom. The van der Waals surface area contributed by atoms with Crippen molar-refractivity contribution in [3.63, 3.8) is 0 Å². The predicted molar refractivity (Wildman–Crippen MR) is 82.4 cm³/mol. The Morgan fingerprint density at radius 3 is 2.46 bits per heavy atom. The maximum absolute atomic E-state index is 13.6. The molecule has 0 unspecified atom stereocenters. The summed E-state index contributed by atoms with van der Waals surface area (Å²) < 4.78 is 33.2. The van der Waals surface area contributed by atoms with Crippen molar-refractivity contribution in [2.45, 2.75) is 43.6 Å². The SMILES string of the molecule is C#CN1CCC2(CC1)O[C@@H]1CC[C@@H](c3cc(F)cc(F)c3)N1C2=O. The van der Waals surface area contributed by atoms with E-state index < -0.39 is 17.2 Å². The molecule has 126 valence electrons. The van der Waals surface area contributed by atoms with Crippen molar-refractivity contribution in [2.24, 2.45) is 0 Å². The van der Waals surface area contributed by atoms with Gasteiger partial charge in [0.05, 0.1) is 6.04 Å². The topological polar surface area (TPSA) is 32.8 Å². The number of piperidine rings is 1. The quantitative estimate of drug-likeness (QED) is 0.741. The Morgan fingerprint density at radius 1 is 1.17 bits per heavy atom. The van der Waals surface area contributed by atoms with E-state index in [4.69, 9.17) is 11.2 Å². The second kappa shape index (κ2) is 5.45. The highest BCUT2D eigenvalue weighted by Crippen LogP contribution is 2.47. The number of likely N-dealkylation sites (tertiary alicyclic amines) is 1. The Bertz CT molecular complexity index is 702. The molecule has 1 aromatic rings. The van der Waals surface area contributed by atoms with E-state index in [-0.39, 0.29) is 18.2 Å². The van der Waals surface area contributed by atoms with Crippen LogP contribution in [0.1, 0.15) is 37.3 Å². The van der Waals surface area contributed by atoms with Crippen molar-refractivity contribution in [3.05, 3.63) is 35.4 Å². The van der Waals surface area contributed by atoms with Crippen molar-refractivity contribution in [1.29, 1.82) is 0 Å². The number of halogens is 2. The highest BCUT2D eigenvalue weighted by molar-refractivity contribution is 5.88. The molecule has 0 aromatic heterocycles. The van der Waals surface area contributed by atoms with E-state index in [9.17, 15) is 13.6 Å². The predicted octanol–water partition coefficient (Wildman–Crippen LogP) is 2.41. The van der Waals surface area contributed by atoms with Gasteiger partial charge in [0, 0.05) is 38.0 Å². The molecule has 6 heteroatoms. The molecule has 3 heterocycles. The third kappa shape index (κ3) is 2.27. The van der Waals surface area contributed by atoms with Gasteiger partial charge in [-0.2, -0.15) is 0 Å². The molecule has 4 rings (SSSR count). The summed E-state index contributed by atoms with van der Waals surface area (Å²) >= 11 is 0. The molecule has 1 spiro atoms. The maximum atomic E-state index is 13.6. The molecule has 3 saturated heterocycles. The van der Waals surface area contributed by atoms with Gasteiger partial charge >= 0.3 is 0 Å². The molecule has 3 aliphatic heterocycles. The molecule has 0 saturated carbocycles. The van der Waals surface area contributed by atoms with Gasteiger partial charge in [0.2, 0.25) is 0 Å². The molecule has 3 aliphatic rings. The summed E-state index contributed by atoms with van der Waals surface area (Å²) in [4.78, 5) is 16.6. The summed E-state index contributed by atoms with van der Waals surface area (Å²) in [6, 6.07) is 5.70. The average Bonchev–Trinajstić information content (AvgIpc) is 3.07. The van der Waals surface area contributed by atoms with E-state index in [1.807, 2.05) is 4.90 Å². The average molecular weight is 332 g/mol. The Labute approximate surface area is 139 Å². The van der Waals surface area contributed by atoms with Crippen LogP contribution in [0.3, 0.4) is 0 Å². The summed E-state index contributed by atoms with van der Waals surface area (Å²) in [5.41, 5.74) is -0.340. The van der Waals surface area contributed by atoms with Gasteiger partial charge in [0.15, 0.2) is 5.60 Å². The van der Waals surface area contributed by atoms with Gasteiger partial charge in [-0.3, -0.25) is 4.79 Å². The van der Waals surface area contributed by atoms with Crippen LogP contribution in [0.5, 0.6) is 0 Å². The fraction of sp³-hybridized carbons (Fsp3) is 0.500. The minimum Gasteiger partial charge on any atom is -0.342 e. The van der Waals surface area contributed by atoms with E-state index in [0.29, 0.717) is 44.3 Å². The number of carbonyl (C=O) groups is 1. The zero-order valence-electron chi connectivity index (χ0n) is 13.2. The first-order valence-corrected chi connectivity index (χ1v) is 8.20. The summed E-state index contributed by atoms with van der Waals surface area (Å²) in [5, 5.41) is 0. The van der Waals surface area contributed by atoms with Gasteiger partial charge in [0.25, 0.3) is 5.91 Å². The first kappa shape index (κ1) is 15.4. The van der Waals surface area contributed by atoms with Gasteiger partial charge in [-0.15, -0.1) is 0 Å². The first-order chi connectivity index (χ1) is 11.5. The highest BCUT2D eigenvalue weighted by Gasteiger charge is 2.57. The standard InChI is InChI=1S/C18H18F2N2O2/c1-2-21-7-5-18(6-8-21)17(23)22-15(3-4-16(22)24-18)12-9-13(19)11-14(20)10-12/h1,9-11,15-16H,3-8H2/t15-,16+/m0/s1. The molecule has 3 fully saturated rings. The molecular formula is C18H18F2N2O2. The van der Waals surface area contributed by atoms with Crippen LogP contribution in [0, 0.1) is 24.1 Å². The highest BCUT2D eigenvalue weighted by atomic mass is 19.1. The normalized spacial score (nSPS) is 28.3. The third-order valence-corrected chi connectivity index (χ3v) is 5.34. The number of hydrogen-bond acceptors (Lipinski definition) is 3. The lowest BCUT2D eigenvalue weighted by atomic mass is 9.90. The van der Waals surface area contributed by atoms with Gasteiger partial charge in [0.1, 0.15) is 17.9 Å². The monoisotopic (exact) mass is 332 g/mol. The smallest absolute Gasteiger partial charge is 0.257 e. The van der Waals surface area contributed by atoms with Crippen molar-refractivity contribution >= 4 is 5.91 Å². The lowest BCUT2D eigenvalue weighted by molar-refractivity contribution is -0.142. The minimum absolute atomic E-state index is 0.0728. The minimum atomic E-state index is -0.831. The lowest BCUT2D eigenvalue weighted by Crippen LogP contribution is -2.49. The third-order valence-electron chi connectivity index (χ3n) is 5.34. The fourth-order valence-electron chi connectivity index (χ4n) is 4.14. The number of ether oxygens (including phenoxy) is 1. The van der Waals surface area contributed by atoms with Gasteiger partial charge in [-0.25, -0.2) is 8.78 Å². The van der Waals surface area contributed by atoms with Crippen LogP contribution in [0.15, 0.2) is 18.2 Å². The zero-order valence-corrected chi connectivity index (χ0v) is 13.2. The molecule has 2 atom stereocenters. The largest absolute Gasteiger partial charge is 0.342 e. The Kier molecular flexibility index (Phi) is 3.50. The second-order valence-electron chi connectivity index (χ2n) is 6.69. The fourth-order valence-corrected chi connectivity index (χ4v) is 4.14. The van der Waals surface area contributed by atoms with E-state index in [1.54, 1.807) is 4.90 Å². The summed E-state index contributed by atoms with van der Waals surface area (Å²) in [6.07, 6.45) is 7.52. The first-order valence-electron chi connectivity index (χ1n) is 8.20. The van der Waals surface area contributed by atoms with Crippen molar-refractivity contribution < 1.29 is 18.3 Å². The molecule has 4 nitrogen and oxygen atoms in total. The number of nitrogens with zero attached hydrogens (tertiary/aromatic N) is 2. The van der Waals surface area contributed by atoms with Crippen molar-refractivity contribution in [1.82, 2.24) is 9.80 Å². The van der Waals surface area contributed by atoms with E-state index in [1.165, 1.54) is 12.1 Å². The molecule has 0 N–H and O–H groups in total. The molecule has 0 aliphatic carbocycles. The van der Waals surface area contributed by atoms with Crippen LogP contribution >= 0.6 is 0 Å². The van der Waals surface area contributed by atoms with E-state index >= 15 is 0 Å². The van der Waals surface area contributed by atoms with Crippen LogP contribution in [-0.4, -0.2) is 40.6 Å². The molecule has 0 radical (unpaired) electrons. The number of terminal acetylenes is 1. The second-order valence-corrected chi connectivity index (χ2v) is 6.69. The number of hydrogen-bond donors (Lipinski definition) is 0. The van der Waals surface area contributed by atoms with Gasteiger partial charge in [-0.1, -0.05) is 6.42 Å². The Hall–Kier alpha value is -2.13. The van der Waals surface area contributed by atoms with Crippen LogP contribution < -0.4 is 0 Å². The number of benzene rings is 1. The Balaban J connectivity index is 1.60. The zero-order chi connectivity index (χ0) is 16.9.